The molecule has 1 N–H and O–H groups in total. The third kappa shape index (κ3) is 2.20. The highest BCUT2D eigenvalue weighted by molar-refractivity contribution is 5.75. The number of carbonyl (C=O) groups excluding carboxylic acids is 1. The van der Waals surface area contributed by atoms with Crippen LogP contribution < -0.4 is 0 Å². The first-order valence-corrected chi connectivity index (χ1v) is 5.46. The van der Waals surface area contributed by atoms with E-state index in [0.29, 0.717) is 18.1 Å². The number of hydrogen-bond donors (Lipinski definition) is 1. The van der Waals surface area contributed by atoms with E-state index < -0.39 is 0 Å². The van der Waals surface area contributed by atoms with E-state index in [1.165, 1.54) is 5.56 Å². The third-order valence-corrected chi connectivity index (χ3v) is 3.14. The van der Waals surface area contributed by atoms with Crippen LogP contribution in [0.1, 0.15) is 30.9 Å². The van der Waals surface area contributed by atoms with Crippen LogP contribution in [0.3, 0.4) is 0 Å². The smallest absolute Gasteiger partial charge is 0.130 e. The minimum absolute atomic E-state index is 0.249. The maximum atomic E-state index is 11.0. The zero-order valence-electron chi connectivity index (χ0n) is 8.99. The Morgan fingerprint density at radius 2 is 2.33 bits per heavy atom. The van der Waals surface area contributed by atoms with Crippen LogP contribution in [-0.4, -0.2) is 10.9 Å². The van der Waals surface area contributed by atoms with Crippen LogP contribution in [0.4, 0.5) is 0 Å². The predicted octanol–water partition coefficient (Wildman–Crippen LogP) is 2.48. The van der Waals surface area contributed by atoms with E-state index in [1.54, 1.807) is 13.0 Å². The van der Waals surface area contributed by atoms with Crippen molar-refractivity contribution in [1.82, 2.24) is 0 Å². The molecule has 1 aliphatic carbocycles. The molecule has 0 aliphatic heterocycles. The van der Waals surface area contributed by atoms with Crippen molar-refractivity contribution in [3.63, 3.8) is 0 Å². The average Bonchev–Trinajstić information content (AvgIpc) is 2.18. The van der Waals surface area contributed by atoms with Gasteiger partial charge in [0, 0.05) is 6.42 Å². The van der Waals surface area contributed by atoms with Crippen LogP contribution in [0, 0.1) is 5.92 Å². The first-order chi connectivity index (χ1) is 7.16. The lowest BCUT2D eigenvalue weighted by Gasteiger charge is -2.24. The van der Waals surface area contributed by atoms with Crippen molar-refractivity contribution in [1.29, 1.82) is 0 Å². The van der Waals surface area contributed by atoms with Crippen molar-refractivity contribution < 1.29 is 9.90 Å². The van der Waals surface area contributed by atoms with Crippen LogP contribution in [0.25, 0.3) is 0 Å². The van der Waals surface area contributed by atoms with Crippen molar-refractivity contribution in [2.75, 3.05) is 0 Å². The zero-order chi connectivity index (χ0) is 10.8. The Hall–Kier alpha value is -1.31. The summed E-state index contributed by atoms with van der Waals surface area (Å²) in [4.78, 5) is 11.0. The van der Waals surface area contributed by atoms with Gasteiger partial charge in [-0.15, -0.1) is 0 Å². The van der Waals surface area contributed by atoms with Gasteiger partial charge in [0.25, 0.3) is 0 Å². The molecule has 0 spiro atoms. The Morgan fingerprint density at radius 1 is 1.53 bits per heavy atom. The quantitative estimate of drug-likeness (QED) is 0.803. The molecular formula is C13H16O2. The Labute approximate surface area is 89.9 Å². The van der Waals surface area contributed by atoms with E-state index in [0.717, 1.165) is 24.8 Å². The minimum atomic E-state index is 0.249. The van der Waals surface area contributed by atoms with Gasteiger partial charge in [0.05, 0.1) is 0 Å². The van der Waals surface area contributed by atoms with Crippen molar-refractivity contribution in [3.8, 4) is 5.75 Å². The SMILES string of the molecule is CC(=O)CC1CCc2cccc(O)c2C1. The number of benzene rings is 1. The fourth-order valence-electron chi connectivity index (χ4n) is 2.42. The van der Waals surface area contributed by atoms with Crippen LogP contribution in [0.5, 0.6) is 5.75 Å². The number of hydrogen-bond acceptors (Lipinski definition) is 2. The molecule has 0 saturated carbocycles. The molecule has 1 aromatic carbocycles. The van der Waals surface area contributed by atoms with Crippen molar-refractivity contribution in [2.45, 2.75) is 32.6 Å². The Kier molecular flexibility index (Phi) is 2.76. The molecule has 0 amide bonds. The Bertz CT molecular complexity index is 382. The normalized spacial score (nSPS) is 19.7. The summed E-state index contributed by atoms with van der Waals surface area (Å²) in [5.41, 5.74) is 2.30. The summed E-state index contributed by atoms with van der Waals surface area (Å²) in [6, 6.07) is 5.69. The standard InChI is InChI=1S/C13H16O2/c1-9(14)7-10-5-6-11-3-2-4-13(15)12(11)8-10/h2-4,10,15H,5-8H2,1H3. The molecule has 2 nitrogen and oxygen atoms in total. The number of Topliss-reactive ketones (excluding diaryl/α,β-unsaturated/α-hetero) is 1. The lowest BCUT2D eigenvalue weighted by atomic mass is 9.81. The molecule has 2 rings (SSSR count). The molecule has 0 saturated heterocycles. The summed E-state index contributed by atoms with van der Waals surface area (Å²) >= 11 is 0. The number of fused-ring (bicyclic) bond motifs is 1. The summed E-state index contributed by atoms with van der Waals surface area (Å²) in [6.07, 6.45) is 3.55. The van der Waals surface area contributed by atoms with Gasteiger partial charge in [0.2, 0.25) is 0 Å². The third-order valence-electron chi connectivity index (χ3n) is 3.14. The molecule has 0 radical (unpaired) electrons. The molecule has 2 heteroatoms. The minimum Gasteiger partial charge on any atom is -0.508 e. The van der Waals surface area contributed by atoms with Gasteiger partial charge in [0.15, 0.2) is 0 Å². The van der Waals surface area contributed by atoms with Crippen molar-refractivity contribution in [3.05, 3.63) is 29.3 Å². The molecule has 1 atom stereocenters. The van der Waals surface area contributed by atoms with Crippen LogP contribution in [-0.2, 0) is 17.6 Å². The maximum absolute atomic E-state index is 11.0. The first-order valence-electron chi connectivity index (χ1n) is 5.46. The topological polar surface area (TPSA) is 37.3 Å². The first kappa shape index (κ1) is 10.2. The van der Waals surface area contributed by atoms with E-state index in [1.807, 2.05) is 6.07 Å². The molecule has 1 aliphatic rings. The molecule has 1 aromatic rings. The van der Waals surface area contributed by atoms with Gasteiger partial charge in [-0.1, -0.05) is 12.1 Å². The highest BCUT2D eigenvalue weighted by Crippen LogP contribution is 2.32. The second-order valence-corrected chi connectivity index (χ2v) is 4.43. The molecule has 15 heavy (non-hydrogen) atoms. The van der Waals surface area contributed by atoms with Gasteiger partial charge in [-0.05, 0) is 49.3 Å². The van der Waals surface area contributed by atoms with Gasteiger partial charge in [0.1, 0.15) is 11.5 Å². The zero-order valence-corrected chi connectivity index (χ0v) is 8.99. The molecule has 0 bridgehead atoms. The highest BCUT2D eigenvalue weighted by atomic mass is 16.3. The monoisotopic (exact) mass is 204 g/mol. The van der Waals surface area contributed by atoms with Gasteiger partial charge in [-0.2, -0.15) is 0 Å². The maximum Gasteiger partial charge on any atom is 0.130 e. The van der Waals surface area contributed by atoms with Crippen LogP contribution in [0.2, 0.25) is 0 Å². The Balaban J connectivity index is 2.18. The molecule has 0 heterocycles. The van der Waals surface area contributed by atoms with Gasteiger partial charge in [-0.25, -0.2) is 0 Å². The van der Waals surface area contributed by atoms with Crippen LogP contribution >= 0.6 is 0 Å². The average molecular weight is 204 g/mol. The number of ketones is 1. The number of aromatic hydroxyl groups is 1. The fraction of sp³-hybridized carbons (Fsp3) is 0.462. The number of aryl methyl sites for hydroxylation is 1. The molecular weight excluding hydrogens is 188 g/mol. The highest BCUT2D eigenvalue weighted by Gasteiger charge is 2.21. The fourth-order valence-corrected chi connectivity index (χ4v) is 2.42. The van der Waals surface area contributed by atoms with E-state index in [-0.39, 0.29) is 5.78 Å². The van der Waals surface area contributed by atoms with E-state index in [4.69, 9.17) is 0 Å². The van der Waals surface area contributed by atoms with Crippen molar-refractivity contribution in [2.24, 2.45) is 5.92 Å². The van der Waals surface area contributed by atoms with Crippen molar-refractivity contribution >= 4 is 5.78 Å². The lowest BCUT2D eigenvalue weighted by Crippen LogP contribution is -2.16. The predicted molar refractivity (Wildman–Crippen MR) is 58.9 cm³/mol. The molecule has 0 aromatic heterocycles. The van der Waals surface area contributed by atoms with Gasteiger partial charge >= 0.3 is 0 Å². The summed E-state index contributed by atoms with van der Waals surface area (Å²) in [5.74, 6) is 1.06. The molecule has 0 fully saturated rings. The molecule has 1 unspecified atom stereocenters. The second-order valence-electron chi connectivity index (χ2n) is 4.43. The molecule has 80 valence electrons. The van der Waals surface area contributed by atoms with Crippen LogP contribution in [0.15, 0.2) is 18.2 Å². The lowest BCUT2D eigenvalue weighted by molar-refractivity contribution is -0.117. The summed E-state index contributed by atoms with van der Waals surface area (Å²) in [6.45, 7) is 1.64. The largest absolute Gasteiger partial charge is 0.508 e. The van der Waals surface area contributed by atoms with Gasteiger partial charge < -0.3 is 9.90 Å². The summed E-state index contributed by atoms with van der Waals surface area (Å²) in [5, 5.41) is 9.72. The summed E-state index contributed by atoms with van der Waals surface area (Å²) < 4.78 is 0. The summed E-state index contributed by atoms with van der Waals surface area (Å²) in [7, 11) is 0. The van der Waals surface area contributed by atoms with Gasteiger partial charge in [-0.3, -0.25) is 0 Å². The number of carbonyl (C=O) groups is 1. The van der Waals surface area contributed by atoms with E-state index in [9.17, 15) is 9.90 Å². The Morgan fingerprint density at radius 3 is 3.07 bits per heavy atom. The van der Waals surface area contributed by atoms with E-state index in [2.05, 4.69) is 6.07 Å². The number of phenols is 1. The number of phenolic OH excluding ortho intramolecular Hbond substituents is 1. The number of rotatable bonds is 2. The van der Waals surface area contributed by atoms with E-state index >= 15 is 0 Å². The second kappa shape index (κ2) is 4.05.